The summed E-state index contributed by atoms with van der Waals surface area (Å²) in [5, 5.41) is 4.41. The molecule has 3 aromatic carbocycles. The number of benzene rings is 3. The molecule has 0 aliphatic heterocycles. The number of anilines is 1. The predicted octanol–water partition coefficient (Wildman–Crippen LogP) is 4.86. The molecule has 0 aliphatic rings. The van der Waals surface area contributed by atoms with Crippen LogP contribution >= 0.6 is 11.6 Å². The molecule has 0 saturated heterocycles. The molecular weight excluding hydrogens is 474 g/mol. The highest BCUT2D eigenvalue weighted by molar-refractivity contribution is 7.92. The van der Waals surface area contributed by atoms with Crippen LogP contribution in [0.3, 0.4) is 0 Å². The number of unbranched alkanes of at least 4 members (excludes halogenated alkanes) is 1. The van der Waals surface area contributed by atoms with E-state index in [1.165, 1.54) is 18.3 Å². The zero-order chi connectivity index (χ0) is 24.4. The van der Waals surface area contributed by atoms with E-state index in [4.69, 9.17) is 16.3 Å². The van der Waals surface area contributed by atoms with Gasteiger partial charge in [0.15, 0.2) is 0 Å². The van der Waals surface area contributed by atoms with Crippen molar-refractivity contribution in [2.45, 2.75) is 24.7 Å². The molecule has 1 N–H and O–H groups in total. The molecule has 9 heteroatoms. The fraction of sp³-hybridized carbons (Fsp3) is 0.200. The van der Waals surface area contributed by atoms with Crippen LogP contribution < -0.4 is 14.5 Å². The molecule has 0 fully saturated rings. The Morgan fingerprint density at radius 3 is 2.35 bits per heavy atom. The Bertz CT molecular complexity index is 1200. The van der Waals surface area contributed by atoms with Crippen LogP contribution in [-0.4, -0.2) is 33.7 Å². The van der Waals surface area contributed by atoms with Gasteiger partial charge in [-0.15, -0.1) is 0 Å². The molecule has 0 aliphatic carbocycles. The minimum atomic E-state index is -3.99. The first kappa shape index (κ1) is 25.3. The quantitative estimate of drug-likeness (QED) is 0.232. The van der Waals surface area contributed by atoms with Gasteiger partial charge in [0.1, 0.15) is 12.3 Å². The molecule has 3 rings (SSSR count). The molecule has 0 saturated carbocycles. The van der Waals surface area contributed by atoms with Gasteiger partial charge in [-0.05, 0) is 72.6 Å². The molecule has 178 valence electrons. The van der Waals surface area contributed by atoms with E-state index in [1.807, 2.05) is 24.3 Å². The second kappa shape index (κ2) is 12.2. The summed E-state index contributed by atoms with van der Waals surface area (Å²) in [6.45, 7) is 2.30. The molecule has 7 nitrogen and oxygen atoms in total. The first-order valence-electron chi connectivity index (χ1n) is 10.8. The van der Waals surface area contributed by atoms with Gasteiger partial charge in [0.05, 0.1) is 23.4 Å². The van der Waals surface area contributed by atoms with Crippen LogP contribution in [-0.2, 0) is 14.8 Å². The average molecular weight is 500 g/mol. The summed E-state index contributed by atoms with van der Waals surface area (Å²) in [6.07, 6.45) is 3.53. The molecule has 0 atom stereocenters. The van der Waals surface area contributed by atoms with Gasteiger partial charge >= 0.3 is 0 Å². The monoisotopic (exact) mass is 499 g/mol. The third kappa shape index (κ3) is 7.07. The number of halogens is 1. The number of carbonyl (C=O) groups excluding carboxylic acids is 1. The Hall–Kier alpha value is -3.36. The van der Waals surface area contributed by atoms with Crippen molar-refractivity contribution in [1.82, 2.24) is 5.43 Å². The first-order valence-corrected chi connectivity index (χ1v) is 12.6. The van der Waals surface area contributed by atoms with Crippen molar-refractivity contribution in [1.29, 1.82) is 0 Å². The fourth-order valence-electron chi connectivity index (χ4n) is 2.97. The Kier molecular flexibility index (Phi) is 9.07. The van der Waals surface area contributed by atoms with Crippen molar-refractivity contribution in [3.63, 3.8) is 0 Å². The van der Waals surface area contributed by atoms with Gasteiger partial charge in [-0.3, -0.25) is 9.10 Å². The highest BCUT2D eigenvalue weighted by Gasteiger charge is 2.27. The van der Waals surface area contributed by atoms with Crippen LogP contribution in [0.5, 0.6) is 5.75 Å². The molecule has 0 unspecified atom stereocenters. The summed E-state index contributed by atoms with van der Waals surface area (Å²) in [5.41, 5.74) is 3.46. The number of hydrogen-bond donors (Lipinski definition) is 1. The average Bonchev–Trinajstić information content (AvgIpc) is 2.85. The molecule has 3 aromatic rings. The van der Waals surface area contributed by atoms with Crippen LogP contribution in [0.4, 0.5) is 5.69 Å². The lowest BCUT2D eigenvalue weighted by Crippen LogP contribution is -2.39. The van der Waals surface area contributed by atoms with E-state index in [-0.39, 0.29) is 4.90 Å². The van der Waals surface area contributed by atoms with Crippen molar-refractivity contribution in [2.24, 2.45) is 5.10 Å². The van der Waals surface area contributed by atoms with Crippen LogP contribution in [0.25, 0.3) is 0 Å². The Balaban J connectivity index is 1.69. The van der Waals surface area contributed by atoms with Gasteiger partial charge < -0.3 is 4.74 Å². The highest BCUT2D eigenvalue weighted by atomic mass is 35.5. The fourth-order valence-corrected chi connectivity index (χ4v) is 4.54. The largest absolute Gasteiger partial charge is 0.494 e. The standard InChI is InChI=1S/C25H26ClN3O4S/c1-2-3-17-33-23-15-9-20(10-16-23)18-27-28-25(30)19-29(22-13-11-21(26)12-14-22)34(31,32)24-7-5-4-6-8-24/h4-16,18H,2-3,17,19H2,1H3,(H,28,30)/b27-18+. The number of nitrogens with zero attached hydrogens (tertiary/aromatic N) is 2. The van der Waals surface area contributed by atoms with E-state index >= 15 is 0 Å². The van der Waals surface area contributed by atoms with E-state index < -0.39 is 22.5 Å². The lowest BCUT2D eigenvalue weighted by Gasteiger charge is -2.23. The molecule has 0 aromatic heterocycles. The summed E-state index contributed by atoms with van der Waals surface area (Å²) >= 11 is 5.95. The lowest BCUT2D eigenvalue weighted by molar-refractivity contribution is -0.119. The van der Waals surface area contributed by atoms with E-state index in [9.17, 15) is 13.2 Å². The second-order valence-electron chi connectivity index (χ2n) is 7.37. The number of ether oxygens (including phenoxy) is 1. The van der Waals surface area contributed by atoms with E-state index in [2.05, 4.69) is 17.5 Å². The van der Waals surface area contributed by atoms with Crippen molar-refractivity contribution >= 4 is 39.4 Å². The maximum absolute atomic E-state index is 13.2. The summed E-state index contributed by atoms with van der Waals surface area (Å²) in [4.78, 5) is 12.7. The van der Waals surface area contributed by atoms with E-state index in [0.29, 0.717) is 17.3 Å². The number of carbonyl (C=O) groups is 1. The van der Waals surface area contributed by atoms with Gasteiger partial charge in [-0.25, -0.2) is 13.8 Å². The number of sulfonamides is 1. The zero-order valence-electron chi connectivity index (χ0n) is 18.7. The smallest absolute Gasteiger partial charge is 0.264 e. The molecule has 0 radical (unpaired) electrons. The molecule has 0 spiro atoms. The number of nitrogens with one attached hydrogen (secondary N) is 1. The van der Waals surface area contributed by atoms with Gasteiger partial charge in [0.25, 0.3) is 15.9 Å². The van der Waals surface area contributed by atoms with Crippen molar-refractivity contribution in [3.8, 4) is 5.75 Å². The molecule has 0 heterocycles. The molecule has 34 heavy (non-hydrogen) atoms. The number of hydrogen-bond acceptors (Lipinski definition) is 5. The molecule has 0 bridgehead atoms. The van der Waals surface area contributed by atoms with E-state index in [1.54, 1.807) is 42.5 Å². The number of hydrazone groups is 1. The number of amides is 1. The van der Waals surface area contributed by atoms with Gasteiger partial charge in [0, 0.05) is 5.02 Å². The summed E-state index contributed by atoms with van der Waals surface area (Å²) in [7, 11) is -3.99. The van der Waals surface area contributed by atoms with Crippen molar-refractivity contribution in [3.05, 3.63) is 89.4 Å². The van der Waals surface area contributed by atoms with Gasteiger partial charge in [0.2, 0.25) is 0 Å². The topological polar surface area (TPSA) is 88.1 Å². The minimum absolute atomic E-state index is 0.0718. The zero-order valence-corrected chi connectivity index (χ0v) is 20.3. The third-order valence-electron chi connectivity index (χ3n) is 4.78. The van der Waals surface area contributed by atoms with Gasteiger partial charge in [-0.2, -0.15) is 5.10 Å². The van der Waals surface area contributed by atoms with Crippen LogP contribution in [0.1, 0.15) is 25.3 Å². The van der Waals surface area contributed by atoms with Crippen molar-refractivity contribution in [2.75, 3.05) is 17.5 Å². The van der Waals surface area contributed by atoms with Crippen LogP contribution in [0.2, 0.25) is 5.02 Å². The molecular formula is C25H26ClN3O4S. The van der Waals surface area contributed by atoms with E-state index in [0.717, 1.165) is 28.5 Å². The van der Waals surface area contributed by atoms with Crippen molar-refractivity contribution < 1.29 is 17.9 Å². The third-order valence-corrected chi connectivity index (χ3v) is 6.82. The Morgan fingerprint density at radius 2 is 1.71 bits per heavy atom. The SMILES string of the molecule is CCCCOc1ccc(/C=N/NC(=O)CN(c2ccc(Cl)cc2)S(=O)(=O)c2ccccc2)cc1. The highest BCUT2D eigenvalue weighted by Crippen LogP contribution is 2.25. The first-order chi connectivity index (χ1) is 16.4. The maximum atomic E-state index is 13.2. The summed E-state index contributed by atoms with van der Waals surface area (Å²) < 4.78 is 33.1. The summed E-state index contributed by atoms with van der Waals surface area (Å²) in [5.74, 6) is 0.171. The lowest BCUT2D eigenvalue weighted by atomic mass is 10.2. The van der Waals surface area contributed by atoms with Crippen LogP contribution in [0.15, 0.2) is 88.9 Å². The summed E-state index contributed by atoms with van der Waals surface area (Å²) in [6, 6.07) is 21.4. The normalized spacial score (nSPS) is 11.4. The Morgan fingerprint density at radius 1 is 1.03 bits per heavy atom. The maximum Gasteiger partial charge on any atom is 0.264 e. The van der Waals surface area contributed by atoms with Gasteiger partial charge in [-0.1, -0.05) is 43.1 Å². The molecule has 1 amide bonds. The minimum Gasteiger partial charge on any atom is -0.494 e. The Labute approximate surface area is 205 Å². The van der Waals surface area contributed by atoms with Crippen LogP contribution in [0, 0.1) is 0 Å². The number of rotatable bonds is 11. The predicted molar refractivity (Wildman–Crippen MR) is 135 cm³/mol. The second-order valence-corrected chi connectivity index (χ2v) is 9.66.